The van der Waals surface area contributed by atoms with Crippen molar-refractivity contribution in [3.8, 4) is 0 Å². The predicted octanol–water partition coefficient (Wildman–Crippen LogP) is 1.59. The van der Waals surface area contributed by atoms with Gasteiger partial charge in [-0.05, 0) is 11.6 Å². The van der Waals surface area contributed by atoms with Crippen molar-refractivity contribution in [3.05, 3.63) is 36.0 Å². The molecule has 0 aliphatic rings. The van der Waals surface area contributed by atoms with Gasteiger partial charge in [-0.1, -0.05) is 18.2 Å². The van der Waals surface area contributed by atoms with Crippen LogP contribution in [0.1, 0.15) is 5.56 Å². The number of hydrogen-bond acceptors (Lipinski definition) is 1. The van der Waals surface area contributed by atoms with Gasteiger partial charge in [0.25, 0.3) is 0 Å². The normalized spacial score (nSPS) is 12.9. The number of para-hydroxylation sites is 1. The van der Waals surface area contributed by atoms with Gasteiger partial charge in [0.05, 0.1) is 0 Å². The van der Waals surface area contributed by atoms with E-state index >= 15 is 0 Å². The minimum absolute atomic E-state index is 0.0132. The fraction of sp³-hybridized carbons (Fsp3) is 0.182. The minimum atomic E-state index is -1.59. The summed E-state index contributed by atoms with van der Waals surface area (Å²) in [5.41, 5.74) is 1.68. The number of carboxylic acid groups (broad SMARTS) is 1. The summed E-state index contributed by atoms with van der Waals surface area (Å²) in [6.07, 6.45) is 0.113. The van der Waals surface area contributed by atoms with Gasteiger partial charge in [-0.25, -0.2) is 9.90 Å². The molecule has 0 saturated carbocycles. The van der Waals surface area contributed by atoms with Gasteiger partial charge in [0.1, 0.15) is 0 Å². The maximum Gasteiger partial charge on any atom is 0.336 e. The maximum absolute atomic E-state index is 11.1. The Kier molecular flexibility index (Phi) is 2.43. The molecular formula is C11H10NO3. The van der Waals surface area contributed by atoms with E-state index in [4.69, 9.17) is 5.11 Å². The Labute approximate surface area is 86.2 Å². The molecule has 1 unspecified atom stereocenters. The first-order valence-electron chi connectivity index (χ1n) is 4.62. The van der Waals surface area contributed by atoms with Gasteiger partial charge < -0.3 is 10.1 Å². The monoisotopic (exact) mass is 204 g/mol. The molecule has 2 rings (SSSR count). The average molecular weight is 204 g/mol. The number of carboxylic acids is 1. The summed E-state index contributed by atoms with van der Waals surface area (Å²) in [5, 5.41) is 20.6. The second-order valence-corrected chi connectivity index (χ2v) is 3.39. The zero-order valence-corrected chi connectivity index (χ0v) is 7.93. The number of fused-ring (bicyclic) bond motifs is 1. The lowest BCUT2D eigenvalue weighted by molar-refractivity contribution is -0.150. The first kappa shape index (κ1) is 9.73. The predicted molar refractivity (Wildman–Crippen MR) is 54.1 cm³/mol. The van der Waals surface area contributed by atoms with Crippen molar-refractivity contribution >= 4 is 16.9 Å². The van der Waals surface area contributed by atoms with Crippen molar-refractivity contribution in [2.75, 3.05) is 0 Å². The Balaban J connectivity index is 2.32. The minimum Gasteiger partial charge on any atom is -0.479 e. The summed E-state index contributed by atoms with van der Waals surface area (Å²) in [6, 6.07) is 7.50. The van der Waals surface area contributed by atoms with Crippen molar-refractivity contribution in [1.29, 1.82) is 0 Å². The standard InChI is InChI=1S/C11H10NO3/c13-10(11(14)15)5-7-6-12-9-4-2-1-3-8(7)9/h1-4,6,10,12H,5H2,(H,14,15). The molecule has 0 aliphatic heterocycles. The van der Waals surface area contributed by atoms with E-state index in [1.165, 1.54) is 0 Å². The summed E-state index contributed by atoms with van der Waals surface area (Å²) in [5.74, 6) is -1.31. The number of hydrogen-bond donors (Lipinski definition) is 2. The topological polar surface area (TPSA) is 73.0 Å². The highest BCUT2D eigenvalue weighted by atomic mass is 16.4. The summed E-state index contributed by atoms with van der Waals surface area (Å²) in [7, 11) is 0. The molecule has 0 bridgehead atoms. The molecule has 4 heteroatoms. The van der Waals surface area contributed by atoms with Crippen molar-refractivity contribution in [2.24, 2.45) is 0 Å². The van der Waals surface area contributed by atoms with E-state index in [-0.39, 0.29) is 6.42 Å². The Hall–Kier alpha value is -1.81. The van der Waals surface area contributed by atoms with Crippen LogP contribution < -0.4 is 0 Å². The summed E-state index contributed by atoms with van der Waals surface area (Å²) >= 11 is 0. The van der Waals surface area contributed by atoms with Gasteiger partial charge in [-0.3, -0.25) is 0 Å². The third-order valence-corrected chi connectivity index (χ3v) is 2.36. The van der Waals surface area contributed by atoms with Crippen LogP contribution in [0.4, 0.5) is 0 Å². The van der Waals surface area contributed by atoms with E-state index in [9.17, 15) is 9.90 Å². The van der Waals surface area contributed by atoms with E-state index < -0.39 is 12.1 Å². The van der Waals surface area contributed by atoms with Gasteiger partial charge >= 0.3 is 5.97 Å². The smallest absolute Gasteiger partial charge is 0.336 e. The molecule has 1 heterocycles. The highest BCUT2D eigenvalue weighted by Gasteiger charge is 2.17. The average Bonchev–Trinajstić information content (AvgIpc) is 2.62. The quantitative estimate of drug-likeness (QED) is 0.796. The van der Waals surface area contributed by atoms with Crippen molar-refractivity contribution in [2.45, 2.75) is 12.5 Å². The van der Waals surface area contributed by atoms with Crippen LogP contribution >= 0.6 is 0 Å². The van der Waals surface area contributed by atoms with Crippen LogP contribution in [0.15, 0.2) is 30.5 Å². The number of aromatic nitrogens is 1. The number of rotatable bonds is 3. The highest BCUT2D eigenvalue weighted by molar-refractivity contribution is 5.84. The van der Waals surface area contributed by atoms with Crippen LogP contribution in [-0.4, -0.2) is 22.2 Å². The number of nitrogens with one attached hydrogen (secondary N) is 1. The largest absolute Gasteiger partial charge is 0.479 e. The highest BCUT2D eigenvalue weighted by Crippen LogP contribution is 2.19. The number of carbonyl (C=O) groups is 1. The number of H-pyrrole nitrogens is 1. The molecule has 1 aromatic heterocycles. The van der Waals surface area contributed by atoms with Crippen molar-refractivity contribution < 1.29 is 15.0 Å². The fourth-order valence-electron chi connectivity index (χ4n) is 1.59. The SMILES string of the molecule is [O]C(Cc1c[nH]c2ccccc12)C(=O)O. The summed E-state index contributed by atoms with van der Waals surface area (Å²) < 4.78 is 0. The van der Waals surface area contributed by atoms with Crippen LogP contribution in [0.25, 0.3) is 10.9 Å². The Morgan fingerprint density at radius 3 is 2.87 bits per heavy atom. The van der Waals surface area contributed by atoms with Crippen LogP contribution in [0.5, 0.6) is 0 Å². The first-order valence-corrected chi connectivity index (χ1v) is 4.62. The first-order chi connectivity index (χ1) is 7.18. The number of aliphatic carboxylic acids is 1. The van der Waals surface area contributed by atoms with Gasteiger partial charge in [-0.2, -0.15) is 0 Å². The lowest BCUT2D eigenvalue weighted by Gasteiger charge is -2.01. The molecule has 77 valence electrons. The zero-order valence-electron chi connectivity index (χ0n) is 7.93. The zero-order chi connectivity index (χ0) is 10.8. The molecular weight excluding hydrogens is 194 g/mol. The molecule has 1 radical (unpaired) electrons. The molecule has 0 fully saturated rings. The van der Waals surface area contributed by atoms with Crippen LogP contribution in [0, 0.1) is 0 Å². The lowest BCUT2D eigenvalue weighted by atomic mass is 10.1. The van der Waals surface area contributed by atoms with Crippen molar-refractivity contribution in [3.63, 3.8) is 0 Å². The second kappa shape index (κ2) is 3.74. The molecule has 15 heavy (non-hydrogen) atoms. The third-order valence-electron chi connectivity index (χ3n) is 2.36. The van der Waals surface area contributed by atoms with Gasteiger partial charge in [0.15, 0.2) is 6.10 Å². The fourth-order valence-corrected chi connectivity index (χ4v) is 1.59. The molecule has 0 aliphatic carbocycles. The van der Waals surface area contributed by atoms with Crippen LogP contribution in [-0.2, 0) is 16.3 Å². The number of benzene rings is 1. The van der Waals surface area contributed by atoms with Gasteiger partial charge in [-0.15, -0.1) is 0 Å². The summed E-state index contributed by atoms with van der Waals surface area (Å²) in [4.78, 5) is 13.4. The van der Waals surface area contributed by atoms with Gasteiger partial charge in [0, 0.05) is 23.5 Å². The maximum atomic E-state index is 11.1. The molecule has 2 N–H and O–H groups in total. The Bertz CT molecular complexity index is 489. The van der Waals surface area contributed by atoms with E-state index in [1.807, 2.05) is 24.3 Å². The molecule has 4 nitrogen and oxygen atoms in total. The molecule has 1 aromatic carbocycles. The van der Waals surface area contributed by atoms with Crippen LogP contribution in [0.3, 0.4) is 0 Å². The molecule has 0 spiro atoms. The molecule has 0 amide bonds. The van der Waals surface area contributed by atoms with E-state index in [2.05, 4.69) is 4.98 Å². The number of aromatic amines is 1. The Morgan fingerprint density at radius 2 is 2.13 bits per heavy atom. The van der Waals surface area contributed by atoms with E-state index in [0.29, 0.717) is 0 Å². The molecule has 0 saturated heterocycles. The third kappa shape index (κ3) is 1.85. The summed E-state index contributed by atoms with van der Waals surface area (Å²) in [6.45, 7) is 0. The van der Waals surface area contributed by atoms with Gasteiger partial charge in [0.2, 0.25) is 0 Å². The molecule has 1 atom stereocenters. The van der Waals surface area contributed by atoms with E-state index in [0.717, 1.165) is 16.5 Å². The lowest BCUT2D eigenvalue weighted by Crippen LogP contribution is -2.20. The van der Waals surface area contributed by atoms with E-state index in [1.54, 1.807) is 6.20 Å². The van der Waals surface area contributed by atoms with Crippen LogP contribution in [0.2, 0.25) is 0 Å². The van der Waals surface area contributed by atoms with Crippen molar-refractivity contribution in [1.82, 2.24) is 4.98 Å². The molecule has 2 aromatic rings. The second-order valence-electron chi connectivity index (χ2n) is 3.39. The Morgan fingerprint density at radius 1 is 1.40 bits per heavy atom.